The Morgan fingerprint density at radius 2 is 2.16 bits per heavy atom. The van der Waals surface area contributed by atoms with Gasteiger partial charge in [-0.05, 0) is 30.0 Å². The van der Waals surface area contributed by atoms with Gasteiger partial charge in [0.15, 0.2) is 5.16 Å². The number of nitrogen functional groups attached to an aromatic ring is 1. The third-order valence-electron chi connectivity index (χ3n) is 2.78. The third kappa shape index (κ3) is 2.33. The summed E-state index contributed by atoms with van der Waals surface area (Å²) in [6, 6.07) is 5.98. The summed E-state index contributed by atoms with van der Waals surface area (Å²) in [5, 5.41) is 1.93. The van der Waals surface area contributed by atoms with Gasteiger partial charge in [-0.25, -0.2) is 4.98 Å². The van der Waals surface area contributed by atoms with E-state index in [4.69, 9.17) is 5.73 Å². The number of aryl methyl sites for hydroxylation is 1. The van der Waals surface area contributed by atoms with E-state index >= 15 is 0 Å². The minimum absolute atomic E-state index is 0.665. The van der Waals surface area contributed by atoms with Crippen LogP contribution in [0, 0.1) is 0 Å². The van der Waals surface area contributed by atoms with Crippen molar-refractivity contribution in [2.45, 2.75) is 10.1 Å². The van der Waals surface area contributed by atoms with Gasteiger partial charge in [0.2, 0.25) is 0 Å². The molecule has 0 saturated heterocycles. The van der Waals surface area contributed by atoms with Crippen molar-refractivity contribution in [2.75, 3.05) is 5.73 Å². The Morgan fingerprint density at radius 1 is 1.32 bits per heavy atom. The first-order valence-corrected chi connectivity index (χ1v) is 7.25. The summed E-state index contributed by atoms with van der Waals surface area (Å²) in [6.45, 7) is 0. The summed E-state index contributed by atoms with van der Waals surface area (Å²) in [7, 11) is 1.96. The second-order valence-corrected chi connectivity index (χ2v) is 6.02. The molecule has 2 N–H and O–H groups in total. The SMILES string of the molecule is Cn1ccnc1Sc1c(N)cnc2ccc(Br)cc12. The number of benzene rings is 1. The van der Waals surface area contributed by atoms with E-state index < -0.39 is 0 Å². The van der Waals surface area contributed by atoms with E-state index in [1.807, 2.05) is 36.0 Å². The number of rotatable bonds is 2. The van der Waals surface area contributed by atoms with Crippen LogP contribution < -0.4 is 5.73 Å². The van der Waals surface area contributed by atoms with E-state index in [1.54, 1.807) is 24.2 Å². The molecule has 0 atom stereocenters. The Kier molecular flexibility index (Phi) is 3.20. The number of fused-ring (bicyclic) bond motifs is 1. The van der Waals surface area contributed by atoms with Crippen molar-refractivity contribution < 1.29 is 0 Å². The maximum atomic E-state index is 6.07. The molecule has 0 amide bonds. The van der Waals surface area contributed by atoms with Gasteiger partial charge in [-0.3, -0.25) is 4.98 Å². The predicted octanol–water partition coefficient (Wildman–Crippen LogP) is 3.46. The molecular weight excluding hydrogens is 324 g/mol. The highest BCUT2D eigenvalue weighted by Gasteiger charge is 2.11. The zero-order valence-corrected chi connectivity index (χ0v) is 12.6. The second kappa shape index (κ2) is 4.86. The van der Waals surface area contributed by atoms with Crippen LogP contribution in [0.15, 0.2) is 51.3 Å². The fourth-order valence-electron chi connectivity index (χ4n) is 1.81. The number of halogens is 1. The molecule has 0 unspecified atom stereocenters. The van der Waals surface area contributed by atoms with Crippen LogP contribution in [0.1, 0.15) is 0 Å². The quantitative estimate of drug-likeness (QED) is 0.779. The molecule has 3 aromatic rings. The number of hydrogen-bond acceptors (Lipinski definition) is 4. The number of nitrogens with two attached hydrogens (primary N) is 1. The molecule has 0 fully saturated rings. The average molecular weight is 335 g/mol. The first kappa shape index (κ1) is 12.5. The molecule has 1 aromatic carbocycles. The van der Waals surface area contributed by atoms with Gasteiger partial charge in [-0.15, -0.1) is 0 Å². The van der Waals surface area contributed by atoms with Crippen molar-refractivity contribution >= 4 is 44.3 Å². The smallest absolute Gasteiger partial charge is 0.172 e. The maximum absolute atomic E-state index is 6.07. The van der Waals surface area contributed by atoms with Crippen LogP contribution in [0.2, 0.25) is 0 Å². The van der Waals surface area contributed by atoms with Crippen LogP contribution in [-0.2, 0) is 7.05 Å². The number of aromatic nitrogens is 3. The van der Waals surface area contributed by atoms with Gasteiger partial charge in [-0.1, -0.05) is 15.9 Å². The van der Waals surface area contributed by atoms with Crippen molar-refractivity contribution in [2.24, 2.45) is 7.05 Å². The lowest BCUT2D eigenvalue weighted by Crippen LogP contribution is -1.95. The zero-order chi connectivity index (χ0) is 13.4. The number of pyridine rings is 1. The van der Waals surface area contributed by atoms with E-state index in [2.05, 4.69) is 25.9 Å². The largest absolute Gasteiger partial charge is 0.397 e. The minimum atomic E-state index is 0.665. The van der Waals surface area contributed by atoms with Crippen LogP contribution in [0.3, 0.4) is 0 Å². The van der Waals surface area contributed by atoms with Gasteiger partial charge < -0.3 is 10.3 Å². The molecule has 6 heteroatoms. The summed E-state index contributed by atoms with van der Waals surface area (Å²) in [5.41, 5.74) is 7.66. The van der Waals surface area contributed by atoms with E-state index in [-0.39, 0.29) is 0 Å². The molecule has 0 saturated carbocycles. The fourth-order valence-corrected chi connectivity index (χ4v) is 3.12. The third-order valence-corrected chi connectivity index (χ3v) is 4.51. The molecule has 0 aliphatic heterocycles. The molecule has 0 radical (unpaired) electrons. The number of hydrogen-bond donors (Lipinski definition) is 1. The Labute approximate surface area is 123 Å². The molecule has 2 heterocycles. The highest BCUT2D eigenvalue weighted by atomic mass is 79.9. The van der Waals surface area contributed by atoms with Gasteiger partial charge >= 0.3 is 0 Å². The molecule has 0 aliphatic rings. The monoisotopic (exact) mass is 334 g/mol. The standard InChI is InChI=1S/C13H11BrN4S/c1-18-5-4-16-13(18)19-12-9-6-8(14)2-3-11(9)17-7-10(12)15/h2-7H,15H2,1H3. The number of nitrogens with zero attached hydrogens (tertiary/aromatic N) is 3. The van der Waals surface area contributed by atoms with Crippen LogP contribution in [-0.4, -0.2) is 14.5 Å². The van der Waals surface area contributed by atoms with E-state index in [1.165, 1.54) is 0 Å². The minimum Gasteiger partial charge on any atom is -0.397 e. The predicted molar refractivity (Wildman–Crippen MR) is 81.2 cm³/mol. The van der Waals surface area contributed by atoms with Gasteiger partial charge in [0, 0.05) is 34.2 Å². The van der Waals surface area contributed by atoms with Crippen LogP contribution in [0.4, 0.5) is 5.69 Å². The molecule has 2 aromatic heterocycles. The highest BCUT2D eigenvalue weighted by molar-refractivity contribution is 9.10. The van der Waals surface area contributed by atoms with E-state index in [0.717, 1.165) is 25.4 Å². The lowest BCUT2D eigenvalue weighted by Gasteiger charge is -2.09. The van der Waals surface area contributed by atoms with Crippen LogP contribution in [0.5, 0.6) is 0 Å². The Morgan fingerprint density at radius 3 is 2.89 bits per heavy atom. The van der Waals surface area contributed by atoms with Gasteiger partial charge in [0.1, 0.15) is 0 Å². The van der Waals surface area contributed by atoms with Gasteiger partial charge in [0.25, 0.3) is 0 Å². The molecule has 0 spiro atoms. The molecule has 0 aliphatic carbocycles. The van der Waals surface area contributed by atoms with Crippen molar-refractivity contribution in [3.05, 3.63) is 41.3 Å². The van der Waals surface area contributed by atoms with E-state index in [0.29, 0.717) is 5.69 Å². The maximum Gasteiger partial charge on any atom is 0.172 e. The molecule has 4 nitrogen and oxygen atoms in total. The Balaban J connectivity index is 2.18. The van der Waals surface area contributed by atoms with E-state index in [9.17, 15) is 0 Å². The summed E-state index contributed by atoms with van der Waals surface area (Å²) < 4.78 is 2.98. The summed E-state index contributed by atoms with van der Waals surface area (Å²) >= 11 is 5.04. The lowest BCUT2D eigenvalue weighted by molar-refractivity contribution is 0.790. The Hall–Kier alpha value is -1.53. The van der Waals surface area contributed by atoms with Gasteiger partial charge in [0.05, 0.1) is 17.4 Å². The average Bonchev–Trinajstić information content (AvgIpc) is 2.79. The fraction of sp³-hybridized carbons (Fsp3) is 0.0769. The molecule has 19 heavy (non-hydrogen) atoms. The lowest BCUT2D eigenvalue weighted by atomic mass is 10.2. The molecule has 0 bridgehead atoms. The summed E-state index contributed by atoms with van der Waals surface area (Å²) in [4.78, 5) is 9.65. The zero-order valence-electron chi connectivity index (χ0n) is 10.2. The van der Waals surface area contributed by atoms with Gasteiger partial charge in [-0.2, -0.15) is 0 Å². The number of anilines is 1. The number of imidazole rings is 1. The molecule has 3 rings (SSSR count). The Bertz CT molecular complexity index is 748. The molecule has 96 valence electrons. The van der Waals surface area contributed by atoms with Crippen molar-refractivity contribution in [3.8, 4) is 0 Å². The van der Waals surface area contributed by atoms with Crippen LogP contribution >= 0.6 is 27.7 Å². The summed E-state index contributed by atoms with van der Waals surface area (Å²) in [6.07, 6.45) is 5.39. The molecular formula is C13H11BrN4S. The van der Waals surface area contributed by atoms with Crippen molar-refractivity contribution in [1.29, 1.82) is 0 Å². The summed E-state index contributed by atoms with van der Waals surface area (Å²) in [5.74, 6) is 0. The van der Waals surface area contributed by atoms with Crippen molar-refractivity contribution in [3.63, 3.8) is 0 Å². The normalized spacial score (nSPS) is 11.1. The topological polar surface area (TPSA) is 56.7 Å². The first-order valence-electron chi connectivity index (χ1n) is 5.64. The van der Waals surface area contributed by atoms with Crippen molar-refractivity contribution in [1.82, 2.24) is 14.5 Å². The second-order valence-electron chi connectivity index (χ2n) is 4.13. The van der Waals surface area contributed by atoms with Crippen LogP contribution in [0.25, 0.3) is 10.9 Å². The first-order chi connectivity index (χ1) is 9.15. The highest BCUT2D eigenvalue weighted by Crippen LogP contribution is 2.36.